The second kappa shape index (κ2) is 3.35. The Morgan fingerprint density at radius 3 is 2.21 bits per heavy atom. The second-order valence-corrected chi connectivity index (χ2v) is 9.58. The Labute approximate surface area is 83.9 Å². The van der Waals surface area contributed by atoms with E-state index >= 15 is 0 Å². The maximum absolute atomic E-state index is 13.8. The topological polar surface area (TPSA) is 26.0 Å². The van der Waals surface area contributed by atoms with E-state index in [4.69, 9.17) is 5.73 Å². The zero-order valence-corrected chi connectivity index (χ0v) is 9.64. The summed E-state index contributed by atoms with van der Waals surface area (Å²) in [5.74, 6) is 0. The molecule has 0 aliphatic carbocycles. The summed E-state index contributed by atoms with van der Waals surface area (Å²) in [6, 6.07) is 5.98. The fourth-order valence-corrected chi connectivity index (χ4v) is 2.19. The summed E-state index contributed by atoms with van der Waals surface area (Å²) in [7, 11) is -2.54. The molecule has 0 unspecified atom stereocenters. The molecule has 1 nitrogen and oxygen atoms in total. The van der Waals surface area contributed by atoms with Crippen LogP contribution in [0.3, 0.4) is 0 Å². The molecule has 0 saturated heterocycles. The van der Waals surface area contributed by atoms with E-state index in [1.54, 1.807) is 31.8 Å². The molecule has 0 aliphatic heterocycles. The lowest BCUT2D eigenvalue weighted by Gasteiger charge is -2.29. The van der Waals surface area contributed by atoms with Crippen LogP contribution in [0.5, 0.6) is 0 Å². The van der Waals surface area contributed by atoms with Crippen molar-refractivity contribution in [2.24, 2.45) is 0 Å². The summed E-state index contributed by atoms with van der Waals surface area (Å²) in [6.07, 6.45) is 0. The first-order valence-corrected chi connectivity index (χ1v) is 7.99. The van der Waals surface area contributed by atoms with Crippen molar-refractivity contribution in [1.82, 2.24) is 0 Å². The van der Waals surface area contributed by atoms with Gasteiger partial charge in [-0.1, -0.05) is 31.8 Å². The summed E-state index contributed by atoms with van der Waals surface area (Å²) in [5.41, 5.74) is 3.19. The van der Waals surface area contributed by atoms with Crippen LogP contribution in [0, 0.1) is 0 Å². The van der Waals surface area contributed by atoms with Gasteiger partial charge in [0.25, 0.3) is 5.55 Å². The van der Waals surface area contributed by atoms with Gasteiger partial charge in [0.15, 0.2) is 0 Å². The molecule has 0 radical (unpaired) electrons. The van der Waals surface area contributed by atoms with Crippen LogP contribution < -0.4 is 5.73 Å². The lowest BCUT2D eigenvalue weighted by Crippen LogP contribution is -2.42. The van der Waals surface area contributed by atoms with Gasteiger partial charge in [0.1, 0.15) is 8.07 Å². The predicted molar refractivity (Wildman–Crippen MR) is 58.1 cm³/mol. The average molecular weight is 215 g/mol. The lowest BCUT2D eigenvalue weighted by atomic mass is 10.2. The zero-order valence-electron chi connectivity index (χ0n) is 8.64. The van der Waals surface area contributed by atoms with Crippen molar-refractivity contribution < 1.29 is 8.78 Å². The smallest absolute Gasteiger partial charge is 0.253 e. The molecule has 0 fully saturated rings. The number of benzene rings is 1. The first-order valence-electron chi connectivity index (χ1n) is 4.49. The van der Waals surface area contributed by atoms with Gasteiger partial charge < -0.3 is 5.73 Å². The molecule has 0 spiro atoms. The molecule has 0 saturated carbocycles. The van der Waals surface area contributed by atoms with Crippen molar-refractivity contribution >= 4 is 13.8 Å². The van der Waals surface area contributed by atoms with Gasteiger partial charge in [-0.15, -0.1) is 0 Å². The molecule has 0 aliphatic rings. The van der Waals surface area contributed by atoms with E-state index in [1.807, 2.05) is 0 Å². The molecule has 1 aromatic rings. The fourth-order valence-electron chi connectivity index (χ4n) is 1.17. The van der Waals surface area contributed by atoms with Crippen LogP contribution in [-0.4, -0.2) is 8.07 Å². The minimum absolute atomic E-state index is 0.0386. The number of hydrogen-bond acceptors (Lipinski definition) is 1. The van der Waals surface area contributed by atoms with Crippen molar-refractivity contribution in [3.8, 4) is 0 Å². The van der Waals surface area contributed by atoms with Gasteiger partial charge in [0.2, 0.25) is 0 Å². The fraction of sp³-hybridized carbons (Fsp3) is 0.400. The Kier molecular flexibility index (Phi) is 2.67. The van der Waals surface area contributed by atoms with E-state index < -0.39 is 13.6 Å². The lowest BCUT2D eigenvalue weighted by molar-refractivity contribution is 0.0796. The third-order valence-corrected chi connectivity index (χ3v) is 4.36. The largest absolute Gasteiger partial charge is 0.399 e. The SMILES string of the molecule is C[Si](C)(C)C(F)(F)c1cccc(N)c1. The van der Waals surface area contributed by atoms with Gasteiger partial charge in [0.05, 0.1) is 0 Å². The normalized spacial score (nSPS) is 12.9. The molecule has 78 valence electrons. The molecule has 4 heteroatoms. The quantitative estimate of drug-likeness (QED) is 0.595. The molecule has 0 atom stereocenters. The highest BCUT2D eigenvalue weighted by molar-refractivity contribution is 6.78. The van der Waals surface area contributed by atoms with E-state index in [-0.39, 0.29) is 5.56 Å². The number of rotatable bonds is 2. The summed E-state index contributed by atoms with van der Waals surface area (Å²) in [5, 5.41) is 0. The second-order valence-electron chi connectivity index (χ2n) is 4.45. The van der Waals surface area contributed by atoms with Crippen molar-refractivity contribution in [3.63, 3.8) is 0 Å². The Morgan fingerprint density at radius 2 is 1.79 bits per heavy atom. The number of alkyl halides is 2. The van der Waals surface area contributed by atoms with Crippen molar-refractivity contribution in [2.45, 2.75) is 25.2 Å². The Bertz CT molecular complexity index is 331. The third kappa shape index (κ3) is 1.95. The minimum atomic E-state index is -2.72. The number of anilines is 1. The van der Waals surface area contributed by atoms with Crippen molar-refractivity contribution in [3.05, 3.63) is 29.8 Å². The number of halogens is 2. The first kappa shape index (κ1) is 11.2. The molecule has 2 N–H and O–H groups in total. The van der Waals surface area contributed by atoms with Crippen LogP contribution in [0.25, 0.3) is 0 Å². The summed E-state index contributed by atoms with van der Waals surface area (Å²) >= 11 is 0. The van der Waals surface area contributed by atoms with Crippen LogP contribution in [0.15, 0.2) is 24.3 Å². The van der Waals surface area contributed by atoms with E-state index in [0.717, 1.165) is 0 Å². The van der Waals surface area contributed by atoms with Gasteiger partial charge >= 0.3 is 0 Å². The molecule has 0 aromatic heterocycles. The molecule has 0 amide bonds. The van der Waals surface area contributed by atoms with E-state index in [0.29, 0.717) is 5.69 Å². The molecular formula is C10H15F2NSi. The maximum Gasteiger partial charge on any atom is 0.253 e. The average Bonchev–Trinajstić information content (AvgIpc) is 2.02. The van der Waals surface area contributed by atoms with Gasteiger partial charge in [-0.3, -0.25) is 0 Å². The van der Waals surface area contributed by atoms with Crippen molar-refractivity contribution in [2.75, 3.05) is 5.73 Å². The first-order chi connectivity index (χ1) is 6.25. The molecule has 0 bridgehead atoms. The predicted octanol–water partition coefficient (Wildman–Crippen LogP) is 3.24. The Morgan fingerprint density at radius 1 is 1.21 bits per heavy atom. The molecule has 0 heterocycles. The Hall–Kier alpha value is -0.903. The summed E-state index contributed by atoms with van der Waals surface area (Å²) in [4.78, 5) is 0. The number of nitrogen functional groups attached to an aromatic ring is 1. The van der Waals surface area contributed by atoms with Gasteiger partial charge in [0, 0.05) is 11.3 Å². The van der Waals surface area contributed by atoms with Gasteiger partial charge in [-0.25, -0.2) is 8.78 Å². The molecule has 1 rings (SSSR count). The van der Waals surface area contributed by atoms with Crippen molar-refractivity contribution in [1.29, 1.82) is 0 Å². The molecular weight excluding hydrogens is 200 g/mol. The van der Waals surface area contributed by atoms with E-state index in [2.05, 4.69) is 0 Å². The standard InChI is InChI=1S/C10H15F2NSi/c1-14(2,3)10(11,12)8-5-4-6-9(13)7-8/h4-7H,13H2,1-3H3. The number of nitrogens with two attached hydrogens (primary N) is 1. The van der Waals surface area contributed by atoms with E-state index in [1.165, 1.54) is 12.1 Å². The highest BCUT2D eigenvalue weighted by Gasteiger charge is 2.46. The van der Waals surface area contributed by atoms with Crippen LogP contribution in [0.4, 0.5) is 14.5 Å². The monoisotopic (exact) mass is 215 g/mol. The summed E-state index contributed by atoms with van der Waals surface area (Å²) < 4.78 is 27.7. The van der Waals surface area contributed by atoms with Crippen LogP contribution in [0.2, 0.25) is 19.6 Å². The Balaban J connectivity index is 3.16. The van der Waals surface area contributed by atoms with Gasteiger partial charge in [-0.05, 0) is 12.1 Å². The minimum Gasteiger partial charge on any atom is -0.399 e. The highest BCUT2D eigenvalue weighted by Crippen LogP contribution is 2.37. The maximum atomic E-state index is 13.8. The van der Waals surface area contributed by atoms with E-state index in [9.17, 15) is 8.78 Å². The number of hydrogen-bond donors (Lipinski definition) is 1. The van der Waals surface area contributed by atoms with Crippen LogP contribution >= 0.6 is 0 Å². The molecule has 14 heavy (non-hydrogen) atoms. The third-order valence-electron chi connectivity index (χ3n) is 2.19. The van der Waals surface area contributed by atoms with Crippen LogP contribution in [0.1, 0.15) is 5.56 Å². The van der Waals surface area contributed by atoms with Crippen LogP contribution in [-0.2, 0) is 5.55 Å². The summed E-state index contributed by atoms with van der Waals surface area (Å²) in [6.45, 7) is 4.95. The zero-order chi connectivity index (χ0) is 11.0. The molecule has 1 aromatic carbocycles. The van der Waals surface area contributed by atoms with Gasteiger partial charge in [-0.2, -0.15) is 0 Å². The highest BCUT2D eigenvalue weighted by atomic mass is 28.3.